The summed E-state index contributed by atoms with van der Waals surface area (Å²) in [7, 11) is 0. The zero-order chi connectivity index (χ0) is 15.0. The van der Waals surface area contributed by atoms with E-state index in [9.17, 15) is 15.0 Å². The molecule has 0 unspecified atom stereocenters. The van der Waals surface area contributed by atoms with Gasteiger partial charge in [-0.15, -0.1) is 10.2 Å². The van der Waals surface area contributed by atoms with Crippen LogP contribution in [0.15, 0.2) is 29.7 Å². The SMILES string of the molecule is O=c1nc(-n2cnnc2)ccn1[C@@H]1O[C@H](CO)[C@@H](O)[C@H]1O. The molecule has 1 aliphatic heterocycles. The van der Waals surface area contributed by atoms with Gasteiger partial charge in [-0.25, -0.2) is 4.79 Å². The monoisotopic (exact) mass is 295 g/mol. The molecule has 0 spiro atoms. The van der Waals surface area contributed by atoms with Gasteiger partial charge < -0.3 is 20.1 Å². The molecule has 2 aromatic heterocycles. The fourth-order valence-electron chi connectivity index (χ4n) is 2.17. The number of nitrogens with zero attached hydrogens (tertiary/aromatic N) is 5. The number of aliphatic hydroxyl groups excluding tert-OH is 3. The van der Waals surface area contributed by atoms with Gasteiger partial charge >= 0.3 is 5.69 Å². The third-order valence-corrected chi connectivity index (χ3v) is 3.29. The van der Waals surface area contributed by atoms with Gasteiger partial charge in [-0.1, -0.05) is 0 Å². The van der Waals surface area contributed by atoms with Gasteiger partial charge in [0.15, 0.2) is 6.23 Å². The molecule has 0 bridgehead atoms. The summed E-state index contributed by atoms with van der Waals surface area (Å²) < 4.78 is 7.77. The topological polar surface area (TPSA) is 136 Å². The minimum atomic E-state index is -1.33. The second kappa shape index (κ2) is 5.33. The van der Waals surface area contributed by atoms with E-state index < -0.39 is 36.8 Å². The largest absolute Gasteiger partial charge is 0.394 e. The van der Waals surface area contributed by atoms with Crippen LogP contribution in [-0.4, -0.2) is 64.6 Å². The van der Waals surface area contributed by atoms with Crippen LogP contribution < -0.4 is 5.69 Å². The molecular formula is C11H13N5O5. The maximum absolute atomic E-state index is 12.0. The fourth-order valence-corrected chi connectivity index (χ4v) is 2.17. The van der Waals surface area contributed by atoms with Crippen molar-refractivity contribution in [1.29, 1.82) is 0 Å². The van der Waals surface area contributed by atoms with Crippen molar-refractivity contribution in [2.24, 2.45) is 0 Å². The van der Waals surface area contributed by atoms with E-state index in [0.29, 0.717) is 5.82 Å². The summed E-state index contributed by atoms with van der Waals surface area (Å²) in [4.78, 5) is 15.9. The normalized spacial score (nSPS) is 28.9. The lowest BCUT2D eigenvalue weighted by Gasteiger charge is -2.17. The van der Waals surface area contributed by atoms with Crippen molar-refractivity contribution in [3.63, 3.8) is 0 Å². The average molecular weight is 295 g/mol. The van der Waals surface area contributed by atoms with E-state index in [-0.39, 0.29) is 0 Å². The quantitative estimate of drug-likeness (QED) is 0.562. The molecule has 0 aromatic carbocycles. The van der Waals surface area contributed by atoms with Gasteiger partial charge in [0.2, 0.25) is 0 Å². The molecule has 1 aliphatic rings. The Labute approximate surface area is 117 Å². The van der Waals surface area contributed by atoms with E-state index in [2.05, 4.69) is 15.2 Å². The molecule has 0 aliphatic carbocycles. The number of ether oxygens (including phenoxy) is 1. The Balaban J connectivity index is 1.92. The molecule has 3 heterocycles. The first kappa shape index (κ1) is 13.8. The molecule has 0 saturated carbocycles. The summed E-state index contributed by atoms with van der Waals surface area (Å²) in [5.41, 5.74) is -0.670. The lowest BCUT2D eigenvalue weighted by Crippen LogP contribution is -2.36. The van der Waals surface area contributed by atoms with Crippen molar-refractivity contribution in [1.82, 2.24) is 24.3 Å². The van der Waals surface area contributed by atoms with E-state index in [1.54, 1.807) is 0 Å². The number of hydrogen-bond acceptors (Lipinski definition) is 8. The first-order valence-corrected chi connectivity index (χ1v) is 6.18. The van der Waals surface area contributed by atoms with Crippen LogP contribution in [0.2, 0.25) is 0 Å². The van der Waals surface area contributed by atoms with E-state index in [1.807, 2.05) is 0 Å². The summed E-state index contributed by atoms with van der Waals surface area (Å²) in [6.45, 7) is -0.463. The third-order valence-electron chi connectivity index (χ3n) is 3.29. The van der Waals surface area contributed by atoms with E-state index in [0.717, 1.165) is 4.57 Å². The number of rotatable bonds is 3. The molecule has 0 amide bonds. The Bertz CT molecular complexity index is 672. The van der Waals surface area contributed by atoms with Gasteiger partial charge in [0.05, 0.1) is 6.61 Å². The Kier molecular flexibility index (Phi) is 3.51. The fraction of sp³-hybridized carbons (Fsp3) is 0.455. The Hall–Kier alpha value is -2.14. The molecule has 21 heavy (non-hydrogen) atoms. The number of aromatic nitrogens is 5. The molecule has 0 radical (unpaired) electrons. The van der Waals surface area contributed by atoms with Gasteiger partial charge in [0, 0.05) is 6.20 Å². The molecule has 10 heteroatoms. The Morgan fingerprint density at radius 3 is 2.52 bits per heavy atom. The zero-order valence-electron chi connectivity index (χ0n) is 10.7. The summed E-state index contributed by atoms with van der Waals surface area (Å²) in [6.07, 6.45) is -0.504. The number of aliphatic hydroxyl groups is 3. The molecule has 1 fully saturated rings. The van der Waals surface area contributed by atoms with Gasteiger partial charge in [-0.2, -0.15) is 4.98 Å². The van der Waals surface area contributed by atoms with Crippen LogP contribution in [0, 0.1) is 0 Å². The van der Waals surface area contributed by atoms with Crippen molar-refractivity contribution in [2.75, 3.05) is 6.61 Å². The molecule has 3 rings (SSSR count). The predicted octanol–water partition coefficient (Wildman–Crippen LogP) is -2.56. The summed E-state index contributed by atoms with van der Waals surface area (Å²) in [6, 6.07) is 1.51. The van der Waals surface area contributed by atoms with E-state index in [1.165, 1.54) is 29.5 Å². The van der Waals surface area contributed by atoms with Crippen LogP contribution in [0.5, 0.6) is 0 Å². The molecule has 10 nitrogen and oxygen atoms in total. The highest BCUT2D eigenvalue weighted by Crippen LogP contribution is 2.27. The molecular weight excluding hydrogens is 282 g/mol. The molecule has 112 valence electrons. The number of hydrogen-bond donors (Lipinski definition) is 3. The third kappa shape index (κ3) is 2.34. The van der Waals surface area contributed by atoms with Gasteiger partial charge in [0.1, 0.15) is 36.8 Å². The van der Waals surface area contributed by atoms with E-state index >= 15 is 0 Å². The van der Waals surface area contributed by atoms with Crippen LogP contribution >= 0.6 is 0 Å². The first-order chi connectivity index (χ1) is 10.1. The van der Waals surface area contributed by atoms with Crippen molar-refractivity contribution >= 4 is 0 Å². The lowest BCUT2D eigenvalue weighted by molar-refractivity contribution is -0.0549. The van der Waals surface area contributed by atoms with Gasteiger partial charge in [-0.05, 0) is 6.07 Å². The van der Waals surface area contributed by atoms with Crippen molar-refractivity contribution in [3.8, 4) is 5.82 Å². The smallest absolute Gasteiger partial charge is 0.351 e. The van der Waals surface area contributed by atoms with Crippen molar-refractivity contribution in [3.05, 3.63) is 35.4 Å². The summed E-state index contributed by atoms with van der Waals surface area (Å²) in [5.74, 6) is 0.313. The standard InChI is InChI=1S/C11H13N5O5/c17-3-6-8(18)9(19)10(21-6)16-2-1-7(14-11(16)20)15-4-12-13-5-15/h1-2,4-6,8-10,17-19H,3H2/t6-,8-,9-,10-/m1/s1. The highest BCUT2D eigenvalue weighted by atomic mass is 16.6. The van der Waals surface area contributed by atoms with E-state index in [4.69, 9.17) is 9.84 Å². The Morgan fingerprint density at radius 2 is 1.95 bits per heavy atom. The maximum Gasteiger partial charge on any atom is 0.351 e. The maximum atomic E-state index is 12.0. The molecule has 4 atom stereocenters. The second-order valence-electron chi connectivity index (χ2n) is 4.57. The summed E-state index contributed by atoms with van der Waals surface area (Å²) >= 11 is 0. The van der Waals surface area contributed by atoms with Crippen LogP contribution in [0.1, 0.15) is 6.23 Å². The van der Waals surface area contributed by atoms with Crippen molar-refractivity contribution < 1.29 is 20.1 Å². The minimum Gasteiger partial charge on any atom is -0.394 e. The highest BCUT2D eigenvalue weighted by Gasteiger charge is 2.43. The molecule has 2 aromatic rings. The highest BCUT2D eigenvalue weighted by molar-refractivity contribution is 5.18. The van der Waals surface area contributed by atoms with Crippen LogP contribution in [-0.2, 0) is 4.74 Å². The lowest BCUT2D eigenvalue weighted by atomic mass is 10.1. The average Bonchev–Trinajstić information content (AvgIpc) is 3.10. The second-order valence-corrected chi connectivity index (χ2v) is 4.57. The zero-order valence-corrected chi connectivity index (χ0v) is 10.7. The van der Waals surface area contributed by atoms with Gasteiger partial charge in [-0.3, -0.25) is 9.13 Å². The predicted molar refractivity (Wildman–Crippen MR) is 66.4 cm³/mol. The van der Waals surface area contributed by atoms with Crippen LogP contribution in [0.25, 0.3) is 5.82 Å². The molecule has 1 saturated heterocycles. The Morgan fingerprint density at radius 1 is 1.24 bits per heavy atom. The minimum absolute atomic E-state index is 0.313. The first-order valence-electron chi connectivity index (χ1n) is 6.18. The van der Waals surface area contributed by atoms with Crippen LogP contribution in [0.4, 0.5) is 0 Å². The van der Waals surface area contributed by atoms with Crippen LogP contribution in [0.3, 0.4) is 0 Å². The van der Waals surface area contributed by atoms with Crippen molar-refractivity contribution in [2.45, 2.75) is 24.5 Å². The van der Waals surface area contributed by atoms with Gasteiger partial charge in [0.25, 0.3) is 0 Å². The molecule has 3 N–H and O–H groups in total. The summed E-state index contributed by atoms with van der Waals surface area (Å²) in [5, 5.41) is 35.8.